The van der Waals surface area contributed by atoms with Crippen LogP contribution >= 0.6 is 0 Å². The molecule has 1 N–H and O–H groups in total. The molecule has 0 aliphatic rings. The maximum absolute atomic E-state index is 4.54. The van der Waals surface area contributed by atoms with Crippen LogP contribution in [0.3, 0.4) is 0 Å². The number of rotatable bonds is 4. The van der Waals surface area contributed by atoms with Gasteiger partial charge in [0.15, 0.2) is 0 Å². The molecule has 0 bridgehead atoms. The van der Waals surface area contributed by atoms with Crippen LogP contribution < -0.4 is 5.32 Å². The standard InChI is InChI=1S/C14H19N3/c1-11-6-4-5-7-13(11)14-10-12(8-9-15-2)16-17(14)3/h4-7,10,15H,8-9H2,1-3H3. The van der Waals surface area contributed by atoms with Crippen LogP contribution in [0.5, 0.6) is 0 Å². The van der Waals surface area contributed by atoms with Gasteiger partial charge in [-0.3, -0.25) is 4.68 Å². The van der Waals surface area contributed by atoms with Crippen molar-refractivity contribution in [2.75, 3.05) is 13.6 Å². The molecule has 0 aliphatic carbocycles. The molecule has 0 spiro atoms. The predicted octanol–water partition coefficient (Wildman–Crippen LogP) is 2.16. The fourth-order valence-corrected chi connectivity index (χ4v) is 2.01. The van der Waals surface area contributed by atoms with Crippen molar-refractivity contribution in [2.45, 2.75) is 13.3 Å². The molecule has 17 heavy (non-hydrogen) atoms. The summed E-state index contributed by atoms with van der Waals surface area (Å²) in [4.78, 5) is 0. The molecule has 0 unspecified atom stereocenters. The zero-order chi connectivity index (χ0) is 12.3. The van der Waals surface area contributed by atoms with Crippen molar-refractivity contribution in [3.63, 3.8) is 0 Å². The second kappa shape index (κ2) is 5.15. The largest absolute Gasteiger partial charge is 0.319 e. The Bertz CT molecular complexity index is 500. The molecule has 0 amide bonds. The maximum Gasteiger partial charge on any atom is 0.0684 e. The molecule has 3 nitrogen and oxygen atoms in total. The van der Waals surface area contributed by atoms with Crippen LogP contribution in [-0.2, 0) is 13.5 Å². The third kappa shape index (κ3) is 2.56. The van der Waals surface area contributed by atoms with Crippen molar-refractivity contribution in [3.8, 4) is 11.3 Å². The Balaban J connectivity index is 2.33. The van der Waals surface area contributed by atoms with Crippen molar-refractivity contribution in [1.82, 2.24) is 15.1 Å². The van der Waals surface area contributed by atoms with E-state index in [2.05, 4.69) is 47.7 Å². The molecule has 0 atom stereocenters. The number of nitrogens with one attached hydrogen (secondary N) is 1. The summed E-state index contributed by atoms with van der Waals surface area (Å²) in [5.74, 6) is 0. The van der Waals surface area contributed by atoms with Gasteiger partial charge in [-0.2, -0.15) is 5.10 Å². The van der Waals surface area contributed by atoms with Crippen LogP contribution in [0.15, 0.2) is 30.3 Å². The Morgan fingerprint density at radius 3 is 2.76 bits per heavy atom. The predicted molar refractivity (Wildman–Crippen MR) is 71.0 cm³/mol. The number of benzene rings is 1. The van der Waals surface area contributed by atoms with E-state index >= 15 is 0 Å². The molecule has 0 saturated heterocycles. The lowest BCUT2D eigenvalue weighted by atomic mass is 10.1. The van der Waals surface area contributed by atoms with E-state index in [0.29, 0.717) is 0 Å². The van der Waals surface area contributed by atoms with E-state index < -0.39 is 0 Å². The fraction of sp³-hybridized carbons (Fsp3) is 0.357. The first-order valence-corrected chi connectivity index (χ1v) is 5.96. The quantitative estimate of drug-likeness (QED) is 0.870. The Kier molecular flexibility index (Phi) is 3.59. The summed E-state index contributed by atoms with van der Waals surface area (Å²) in [6.45, 7) is 3.10. The lowest BCUT2D eigenvalue weighted by Crippen LogP contribution is -2.10. The highest BCUT2D eigenvalue weighted by Gasteiger charge is 2.08. The van der Waals surface area contributed by atoms with Gasteiger partial charge in [0.25, 0.3) is 0 Å². The van der Waals surface area contributed by atoms with E-state index in [4.69, 9.17) is 0 Å². The number of hydrogen-bond donors (Lipinski definition) is 1. The summed E-state index contributed by atoms with van der Waals surface area (Å²) >= 11 is 0. The summed E-state index contributed by atoms with van der Waals surface area (Å²) in [5, 5.41) is 7.69. The first kappa shape index (κ1) is 11.9. The summed E-state index contributed by atoms with van der Waals surface area (Å²) in [6, 6.07) is 10.6. The minimum absolute atomic E-state index is 0.963. The highest BCUT2D eigenvalue weighted by Crippen LogP contribution is 2.23. The molecule has 1 aromatic carbocycles. The van der Waals surface area contributed by atoms with E-state index in [0.717, 1.165) is 18.7 Å². The van der Waals surface area contributed by atoms with Crippen molar-refractivity contribution in [2.24, 2.45) is 7.05 Å². The highest BCUT2D eigenvalue weighted by molar-refractivity contribution is 5.64. The van der Waals surface area contributed by atoms with Gasteiger partial charge in [0.2, 0.25) is 0 Å². The van der Waals surface area contributed by atoms with Gasteiger partial charge in [0, 0.05) is 25.6 Å². The van der Waals surface area contributed by atoms with Gasteiger partial charge in [0.1, 0.15) is 0 Å². The van der Waals surface area contributed by atoms with Crippen molar-refractivity contribution in [1.29, 1.82) is 0 Å². The Hall–Kier alpha value is -1.61. The number of hydrogen-bond acceptors (Lipinski definition) is 2. The minimum atomic E-state index is 0.963. The number of aryl methyl sites for hydroxylation is 2. The number of nitrogens with zero attached hydrogens (tertiary/aromatic N) is 2. The molecule has 2 aromatic rings. The fourth-order valence-electron chi connectivity index (χ4n) is 2.01. The van der Waals surface area contributed by atoms with Crippen LogP contribution in [0.25, 0.3) is 11.3 Å². The second-order valence-corrected chi connectivity index (χ2v) is 4.31. The topological polar surface area (TPSA) is 29.9 Å². The molecular formula is C14H19N3. The average molecular weight is 229 g/mol. The van der Waals surface area contributed by atoms with Gasteiger partial charge < -0.3 is 5.32 Å². The molecule has 2 rings (SSSR count). The van der Waals surface area contributed by atoms with Gasteiger partial charge in [0.05, 0.1) is 11.4 Å². The zero-order valence-corrected chi connectivity index (χ0v) is 10.7. The van der Waals surface area contributed by atoms with E-state index in [1.807, 2.05) is 18.8 Å². The monoisotopic (exact) mass is 229 g/mol. The highest BCUT2D eigenvalue weighted by atomic mass is 15.3. The van der Waals surface area contributed by atoms with Gasteiger partial charge in [-0.15, -0.1) is 0 Å². The van der Waals surface area contributed by atoms with Crippen LogP contribution in [0.2, 0.25) is 0 Å². The molecule has 0 fully saturated rings. The smallest absolute Gasteiger partial charge is 0.0684 e. The molecule has 3 heteroatoms. The first-order chi connectivity index (χ1) is 8.22. The zero-order valence-electron chi connectivity index (χ0n) is 10.7. The van der Waals surface area contributed by atoms with Gasteiger partial charge in [-0.25, -0.2) is 0 Å². The lowest BCUT2D eigenvalue weighted by Gasteiger charge is -2.04. The van der Waals surface area contributed by atoms with Crippen molar-refractivity contribution < 1.29 is 0 Å². The normalized spacial score (nSPS) is 10.8. The van der Waals surface area contributed by atoms with Gasteiger partial charge >= 0.3 is 0 Å². The van der Waals surface area contributed by atoms with Crippen molar-refractivity contribution in [3.05, 3.63) is 41.6 Å². The van der Waals surface area contributed by atoms with E-state index in [-0.39, 0.29) is 0 Å². The SMILES string of the molecule is CNCCc1cc(-c2ccccc2C)n(C)n1. The van der Waals surface area contributed by atoms with Crippen LogP contribution in [0, 0.1) is 6.92 Å². The molecule has 0 saturated carbocycles. The second-order valence-electron chi connectivity index (χ2n) is 4.31. The molecular weight excluding hydrogens is 210 g/mol. The molecule has 0 radical (unpaired) electrons. The number of likely N-dealkylation sites (N-methyl/N-ethyl adjacent to an activating group) is 1. The van der Waals surface area contributed by atoms with E-state index in [1.165, 1.54) is 16.8 Å². The molecule has 1 heterocycles. The third-order valence-corrected chi connectivity index (χ3v) is 2.98. The maximum atomic E-state index is 4.54. The minimum Gasteiger partial charge on any atom is -0.319 e. The van der Waals surface area contributed by atoms with E-state index in [9.17, 15) is 0 Å². The summed E-state index contributed by atoms with van der Waals surface area (Å²) in [5.41, 5.74) is 4.88. The Morgan fingerprint density at radius 2 is 2.06 bits per heavy atom. The third-order valence-electron chi connectivity index (χ3n) is 2.98. The van der Waals surface area contributed by atoms with Gasteiger partial charge in [-0.1, -0.05) is 24.3 Å². The lowest BCUT2D eigenvalue weighted by molar-refractivity contribution is 0.720. The van der Waals surface area contributed by atoms with Crippen LogP contribution in [0.1, 0.15) is 11.3 Å². The first-order valence-electron chi connectivity index (χ1n) is 5.96. The summed E-state index contributed by atoms with van der Waals surface area (Å²) in [7, 11) is 3.97. The van der Waals surface area contributed by atoms with Crippen LogP contribution in [-0.4, -0.2) is 23.4 Å². The van der Waals surface area contributed by atoms with Crippen molar-refractivity contribution >= 4 is 0 Å². The molecule has 90 valence electrons. The van der Waals surface area contributed by atoms with E-state index in [1.54, 1.807) is 0 Å². The number of aromatic nitrogens is 2. The Morgan fingerprint density at radius 1 is 1.29 bits per heavy atom. The Labute approximate surface area is 102 Å². The average Bonchev–Trinajstić information content (AvgIpc) is 2.68. The van der Waals surface area contributed by atoms with Crippen LogP contribution in [0.4, 0.5) is 0 Å². The molecule has 0 aliphatic heterocycles. The summed E-state index contributed by atoms with van der Waals surface area (Å²) in [6.07, 6.45) is 0.968. The molecule has 1 aromatic heterocycles. The summed E-state index contributed by atoms with van der Waals surface area (Å²) < 4.78 is 1.97. The van der Waals surface area contributed by atoms with Gasteiger partial charge in [-0.05, 0) is 25.6 Å².